The number of carbonyl (C=O) groups is 1. The summed E-state index contributed by atoms with van der Waals surface area (Å²) in [6.45, 7) is 4.00. The van der Waals surface area contributed by atoms with E-state index in [4.69, 9.17) is 9.47 Å². The molecule has 1 aliphatic carbocycles. The SMILES string of the molecule is Cc1cc([S+](c2ccccc2)c2ccccc2)cc(C)c1OCC(=O)OC1(c2cccc3ccccc23)CCCC1. The van der Waals surface area contributed by atoms with Gasteiger partial charge in [-0.15, -0.1) is 0 Å². The molecule has 1 fully saturated rings. The van der Waals surface area contributed by atoms with E-state index in [0.29, 0.717) is 0 Å². The summed E-state index contributed by atoms with van der Waals surface area (Å²) in [4.78, 5) is 17.1. The lowest BCUT2D eigenvalue weighted by Gasteiger charge is -2.31. The van der Waals surface area contributed by atoms with Gasteiger partial charge in [-0.3, -0.25) is 0 Å². The number of esters is 1. The average molecular weight is 560 g/mol. The predicted octanol–water partition coefficient (Wildman–Crippen LogP) is 8.94. The third-order valence-electron chi connectivity index (χ3n) is 7.96. The van der Waals surface area contributed by atoms with E-state index < -0.39 is 5.60 Å². The number of rotatable bonds is 8. The van der Waals surface area contributed by atoms with Crippen molar-refractivity contribution in [3.63, 3.8) is 0 Å². The van der Waals surface area contributed by atoms with Crippen molar-refractivity contribution in [1.29, 1.82) is 0 Å². The van der Waals surface area contributed by atoms with Gasteiger partial charge in [0.1, 0.15) is 11.4 Å². The number of hydrogen-bond donors (Lipinski definition) is 0. The second-order valence-electron chi connectivity index (χ2n) is 10.8. The number of benzene rings is 5. The number of carbonyl (C=O) groups excluding carboxylic acids is 1. The highest BCUT2D eigenvalue weighted by molar-refractivity contribution is 7.97. The van der Waals surface area contributed by atoms with Gasteiger partial charge >= 0.3 is 5.97 Å². The topological polar surface area (TPSA) is 35.5 Å². The third-order valence-corrected chi connectivity index (χ3v) is 10.2. The van der Waals surface area contributed by atoms with E-state index in [1.165, 1.54) is 20.1 Å². The lowest BCUT2D eigenvalue weighted by Crippen LogP contribution is -2.32. The Bertz CT molecular complexity index is 1590. The Kier molecular flexibility index (Phi) is 7.84. The fourth-order valence-electron chi connectivity index (χ4n) is 6.15. The van der Waals surface area contributed by atoms with Crippen molar-refractivity contribution >= 4 is 27.6 Å². The molecule has 5 aromatic rings. The van der Waals surface area contributed by atoms with Crippen LogP contribution < -0.4 is 4.74 Å². The van der Waals surface area contributed by atoms with E-state index in [9.17, 15) is 4.79 Å². The van der Waals surface area contributed by atoms with Gasteiger partial charge < -0.3 is 9.47 Å². The van der Waals surface area contributed by atoms with Crippen LogP contribution >= 0.6 is 0 Å². The van der Waals surface area contributed by atoms with Crippen molar-refractivity contribution < 1.29 is 14.3 Å². The zero-order valence-corrected chi connectivity index (χ0v) is 24.5. The molecule has 0 atom stereocenters. The molecule has 6 rings (SSSR count). The van der Waals surface area contributed by atoms with E-state index in [1.54, 1.807) is 0 Å². The molecular weight excluding hydrogens is 524 g/mol. The van der Waals surface area contributed by atoms with E-state index in [2.05, 4.69) is 123 Å². The Morgan fingerprint density at radius 1 is 0.707 bits per heavy atom. The van der Waals surface area contributed by atoms with Crippen LogP contribution in [0.25, 0.3) is 10.8 Å². The molecule has 0 bridgehead atoms. The minimum absolute atomic E-state index is 0.114. The summed E-state index contributed by atoms with van der Waals surface area (Å²) in [7, 11) is -0.245. The van der Waals surface area contributed by atoms with E-state index >= 15 is 0 Å². The molecule has 4 heteroatoms. The van der Waals surface area contributed by atoms with Gasteiger partial charge in [0.2, 0.25) is 0 Å². The third kappa shape index (κ3) is 5.62. The van der Waals surface area contributed by atoms with Crippen LogP contribution in [0.2, 0.25) is 0 Å². The summed E-state index contributed by atoms with van der Waals surface area (Å²) < 4.78 is 12.5. The summed E-state index contributed by atoms with van der Waals surface area (Å²) in [5.41, 5.74) is 2.53. The zero-order chi connectivity index (χ0) is 28.2. The molecule has 0 spiro atoms. The molecule has 0 heterocycles. The lowest BCUT2D eigenvalue weighted by atomic mass is 9.87. The highest BCUT2D eigenvalue weighted by Crippen LogP contribution is 2.45. The van der Waals surface area contributed by atoms with Crippen LogP contribution in [0.5, 0.6) is 5.75 Å². The molecule has 0 N–H and O–H groups in total. The first-order valence-electron chi connectivity index (χ1n) is 14.3. The monoisotopic (exact) mass is 559 g/mol. The molecule has 0 aliphatic heterocycles. The molecule has 0 saturated heterocycles. The van der Waals surface area contributed by atoms with Gasteiger partial charge in [0.05, 0.1) is 10.9 Å². The predicted molar refractivity (Wildman–Crippen MR) is 167 cm³/mol. The van der Waals surface area contributed by atoms with Gasteiger partial charge in [0, 0.05) is 17.7 Å². The van der Waals surface area contributed by atoms with Crippen LogP contribution in [0.1, 0.15) is 42.4 Å². The van der Waals surface area contributed by atoms with Crippen LogP contribution in [-0.4, -0.2) is 12.6 Å². The Balaban J connectivity index is 1.23. The highest BCUT2D eigenvalue weighted by Gasteiger charge is 2.40. The van der Waals surface area contributed by atoms with Crippen molar-refractivity contribution in [2.75, 3.05) is 6.61 Å². The molecule has 5 aromatic carbocycles. The number of aryl methyl sites for hydroxylation is 2. The molecule has 41 heavy (non-hydrogen) atoms. The zero-order valence-electron chi connectivity index (χ0n) is 23.6. The fraction of sp³-hybridized carbons (Fsp3) is 0.216. The normalized spacial score (nSPS) is 14.3. The Morgan fingerprint density at radius 3 is 1.90 bits per heavy atom. The smallest absolute Gasteiger partial charge is 0.345 e. The fourth-order valence-corrected chi connectivity index (χ4v) is 8.42. The van der Waals surface area contributed by atoms with Gasteiger partial charge in [-0.2, -0.15) is 0 Å². The van der Waals surface area contributed by atoms with Crippen LogP contribution in [0.4, 0.5) is 0 Å². The number of hydrogen-bond acceptors (Lipinski definition) is 3. The summed E-state index contributed by atoms with van der Waals surface area (Å²) in [5.74, 6) is 0.428. The van der Waals surface area contributed by atoms with Crippen molar-refractivity contribution in [3.8, 4) is 5.75 Å². The maximum absolute atomic E-state index is 13.3. The average Bonchev–Trinajstić information content (AvgIpc) is 3.47. The van der Waals surface area contributed by atoms with Crippen LogP contribution in [0.15, 0.2) is 130 Å². The first-order chi connectivity index (χ1) is 20.0. The maximum atomic E-state index is 13.3. The van der Waals surface area contributed by atoms with Crippen molar-refractivity contribution in [1.82, 2.24) is 0 Å². The van der Waals surface area contributed by atoms with Gasteiger partial charge in [-0.05, 0) is 85.7 Å². The Morgan fingerprint density at radius 2 is 1.27 bits per heavy atom. The Hall–Kier alpha value is -4.02. The molecular formula is C37H35O3S+. The summed E-state index contributed by atoms with van der Waals surface area (Å²) >= 11 is 0. The molecule has 0 amide bonds. The standard InChI is InChI=1S/C37H35O3S/c1-27-24-32(41(30-16-5-3-6-17-30)31-18-7-4-8-19-31)25-28(2)36(27)39-26-35(38)40-37(22-11-12-23-37)34-21-13-15-29-14-9-10-20-33(29)34/h3-10,13-21,24-25H,11-12,22-23,26H2,1-2H3/q+1. The van der Waals surface area contributed by atoms with Gasteiger partial charge in [0.25, 0.3) is 0 Å². The quantitative estimate of drug-likeness (QED) is 0.141. The molecule has 1 saturated carbocycles. The molecule has 0 radical (unpaired) electrons. The Labute approximate surface area is 245 Å². The van der Waals surface area contributed by atoms with Crippen LogP contribution in [0, 0.1) is 13.8 Å². The molecule has 206 valence electrons. The second kappa shape index (κ2) is 11.8. The molecule has 3 nitrogen and oxygen atoms in total. The number of ether oxygens (including phenoxy) is 2. The van der Waals surface area contributed by atoms with Gasteiger partial charge in [-0.1, -0.05) is 78.9 Å². The minimum atomic E-state index is -0.602. The summed E-state index contributed by atoms with van der Waals surface area (Å²) in [6.07, 6.45) is 3.76. The first kappa shape index (κ1) is 27.2. The van der Waals surface area contributed by atoms with Crippen LogP contribution in [-0.2, 0) is 26.0 Å². The van der Waals surface area contributed by atoms with Gasteiger partial charge in [0.15, 0.2) is 21.3 Å². The number of fused-ring (bicyclic) bond motifs is 1. The molecule has 0 aromatic heterocycles. The van der Waals surface area contributed by atoms with Gasteiger partial charge in [-0.25, -0.2) is 4.79 Å². The highest BCUT2D eigenvalue weighted by atomic mass is 32.2. The lowest BCUT2D eigenvalue weighted by molar-refractivity contribution is -0.163. The van der Waals surface area contributed by atoms with E-state index in [-0.39, 0.29) is 23.5 Å². The molecule has 0 unspecified atom stereocenters. The van der Waals surface area contributed by atoms with Crippen molar-refractivity contribution in [2.45, 2.75) is 59.8 Å². The van der Waals surface area contributed by atoms with E-state index in [1.807, 2.05) is 6.07 Å². The van der Waals surface area contributed by atoms with Crippen molar-refractivity contribution in [3.05, 3.63) is 132 Å². The maximum Gasteiger partial charge on any atom is 0.345 e. The summed E-state index contributed by atoms with van der Waals surface area (Å²) in [5, 5.41) is 2.32. The second-order valence-corrected chi connectivity index (χ2v) is 12.8. The van der Waals surface area contributed by atoms with Crippen LogP contribution in [0.3, 0.4) is 0 Å². The first-order valence-corrected chi connectivity index (χ1v) is 15.6. The van der Waals surface area contributed by atoms with Crippen molar-refractivity contribution in [2.24, 2.45) is 0 Å². The summed E-state index contributed by atoms with van der Waals surface area (Å²) in [6, 6.07) is 40.3. The molecule has 1 aliphatic rings. The van der Waals surface area contributed by atoms with E-state index in [0.717, 1.165) is 53.5 Å². The minimum Gasteiger partial charge on any atom is -0.481 e. The largest absolute Gasteiger partial charge is 0.481 e.